The summed E-state index contributed by atoms with van der Waals surface area (Å²) in [5, 5.41) is 4.31. The summed E-state index contributed by atoms with van der Waals surface area (Å²) in [6.45, 7) is 4.87. The van der Waals surface area contributed by atoms with Gasteiger partial charge in [-0.1, -0.05) is 24.3 Å². The Hall–Kier alpha value is -1.16. The standard InChI is InChI=1S/C15H17NOS/c1-3-14(15-5-10-18-12-15)4-2-13(1)11-16-6-8-17-9-7-16/h1-5,10,12H,6-9,11H2. The van der Waals surface area contributed by atoms with Crippen LogP contribution in [-0.4, -0.2) is 31.2 Å². The molecule has 2 nitrogen and oxygen atoms in total. The molecule has 1 aromatic carbocycles. The molecule has 1 aliphatic heterocycles. The van der Waals surface area contributed by atoms with Crippen LogP contribution < -0.4 is 0 Å². The van der Waals surface area contributed by atoms with Crippen molar-refractivity contribution in [1.82, 2.24) is 4.90 Å². The van der Waals surface area contributed by atoms with E-state index in [9.17, 15) is 0 Å². The predicted molar refractivity (Wildman–Crippen MR) is 75.9 cm³/mol. The van der Waals surface area contributed by atoms with E-state index in [-0.39, 0.29) is 0 Å². The van der Waals surface area contributed by atoms with Crippen molar-refractivity contribution in [3.63, 3.8) is 0 Å². The molecule has 2 aromatic rings. The Morgan fingerprint density at radius 1 is 1.00 bits per heavy atom. The Morgan fingerprint density at radius 3 is 2.44 bits per heavy atom. The van der Waals surface area contributed by atoms with Crippen LogP contribution in [0.4, 0.5) is 0 Å². The predicted octanol–water partition coefficient (Wildman–Crippen LogP) is 3.25. The third kappa shape index (κ3) is 2.80. The summed E-state index contributed by atoms with van der Waals surface area (Å²) in [5.41, 5.74) is 4.01. The lowest BCUT2D eigenvalue weighted by molar-refractivity contribution is 0.0342. The zero-order valence-electron chi connectivity index (χ0n) is 10.3. The van der Waals surface area contributed by atoms with E-state index < -0.39 is 0 Å². The zero-order valence-corrected chi connectivity index (χ0v) is 11.2. The van der Waals surface area contributed by atoms with E-state index in [4.69, 9.17) is 4.74 Å². The van der Waals surface area contributed by atoms with Gasteiger partial charge in [-0.15, -0.1) is 0 Å². The first-order valence-electron chi connectivity index (χ1n) is 6.33. The van der Waals surface area contributed by atoms with Crippen molar-refractivity contribution in [1.29, 1.82) is 0 Å². The molecule has 18 heavy (non-hydrogen) atoms. The SMILES string of the molecule is c1cc(-c2ccc(CN3CCOCC3)cc2)cs1. The number of rotatable bonds is 3. The Kier molecular flexibility index (Phi) is 3.74. The van der Waals surface area contributed by atoms with Gasteiger partial charge in [0.25, 0.3) is 0 Å². The van der Waals surface area contributed by atoms with E-state index >= 15 is 0 Å². The van der Waals surface area contributed by atoms with Crippen molar-refractivity contribution in [2.75, 3.05) is 26.3 Å². The Labute approximate surface area is 112 Å². The van der Waals surface area contributed by atoms with Gasteiger partial charge in [-0.3, -0.25) is 4.90 Å². The molecule has 2 heterocycles. The highest BCUT2D eigenvalue weighted by Crippen LogP contribution is 2.22. The Bertz CT molecular complexity index is 472. The number of ether oxygens (including phenoxy) is 1. The highest BCUT2D eigenvalue weighted by molar-refractivity contribution is 7.08. The highest BCUT2D eigenvalue weighted by Gasteiger charge is 2.10. The van der Waals surface area contributed by atoms with Crippen LogP contribution in [0.3, 0.4) is 0 Å². The topological polar surface area (TPSA) is 12.5 Å². The molecule has 0 saturated carbocycles. The van der Waals surface area contributed by atoms with E-state index in [1.54, 1.807) is 11.3 Å². The van der Waals surface area contributed by atoms with Gasteiger partial charge < -0.3 is 4.74 Å². The van der Waals surface area contributed by atoms with Crippen molar-refractivity contribution in [2.24, 2.45) is 0 Å². The maximum Gasteiger partial charge on any atom is 0.0594 e. The minimum atomic E-state index is 0.868. The van der Waals surface area contributed by atoms with Crippen LogP contribution >= 0.6 is 11.3 Å². The van der Waals surface area contributed by atoms with E-state index in [0.29, 0.717) is 0 Å². The van der Waals surface area contributed by atoms with Gasteiger partial charge in [0.15, 0.2) is 0 Å². The van der Waals surface area contributed by atoms with Gasteiger partial charge in [0.1, 0.15) is 0 Å². The quantitative estimate of drug-likeness (QED) is 0.839. The van der Waals surface area contributed by atoms with Gasteiger partial charge in [0, 0.05) is 19.6 Å². The monoisotopic (exact) mass is 259 g/mol. The fraction of sp³-hybridized carbons (Fsp3) is 0.333. The van der Waals surface area contributed by atoms with Gasteiger partial charge in [0.05, 0.1) is 13.2 Å². The fourth-order valence-corrected chi connectivity index (χ4v) is 2.91. The molecule has 0 aliphatic carbocycles. The van der Waals surface area contributed by atoms with Crippen LogP contribution in [0.1, 0.15) is 5.56 Å². The molecule has 1 saturated heterocycles. The van der Waals surface area contributed by atoms with Crippen molar-refractivity contribution in [3.8, 4) is 11.1 Å². The fourth-order valence-electron chi connectivity index (χ4n) is 2.25. The normalized spacial score (nSPS) is 16.9. The molecule has 0 amide bonds. The molecular weight excluding hydrogens is 242 g/mol. The van der Waals surface area contributed by atoms with Crippen LogP contribution in [0.2, 0.25) is 0 Å². The molecule has 0 bridgehead atoms. The summed E-state index contributed by atoms with van der Waals surface area (Å²) >= 11 is 1.74. The van der Waals surface area contributed by atoms with Crippen LogP contribution in [0, 0.1) is 0 Å². The molecule has 1 fully saturated rings. The molecule has 0 radical (unpaired) electrons. The summed E-state index contributed by atoms with van der Waals surface area (Å²) < 4.78 is 5.36. The molecule has 94 valence electrons. The smallest absolute Gasteiger partial charge is 0.0594 e. The molecule has 0 N–H and O–H groups in total. The Balaban J connectivity index is 1.67. The first-order chi connectivity index (χ1) is 8.92. The number of nitrogens with zero attached hydrogens (tertiary/aromatic N) is 1. The number of hydrogen-bond acceptors (Lipinski definition) is 3. The summed E-state index contributed by atoms with van der Waals surface area (Å²) in [6, 6.07) is 11.1. The average molecular weight is 259 g/mol. The summed E-state index contributed by atoms with van der Waals surface area (Å²) in [5.74, 6) is 0. The van der Waals surface area contributed by atoms with Crippen LogP contribution in [0.5, 0.6) is 0 Å². The van der Waals surface area contributed by atoms with Gasteiger partial charge in [0.2, 0.25) is 0 Å². The van der Waals surface area contributed by atoms with E-state index in [0.717, 1.165) is 32.8 Å². The maximum absolute atomic E-state index is 5.36. The van der Waals surface area contributed by atoms with Crippen molar-refractivity contribution in [3.05, 3.63) is 46.7 Å². The summed E-state index contributed by atoms with van der Waals surface area (Å²) in [6.07, 6.45) is 0. The second kappa shape index (κ2) is 5.65. The van der Waals surface area contributed by atoms with Gasteiger partial charge in [-0.05, 0) is 33.5 Å². The molecule has 0 unspecified atom stereocenters. The largest absolute Gasteiger partial charge is 0.379 e. The average Bonchev–Trinajstić information content (AvgIpc) is 2.95. The number of thiophene rings is 1. The second-order valence-corrected chi connectivity index (χ2v) is 5.38. The molecule has 1 aliphatic rings. The number of morpholine rings is 1. The van der Waals surface area contributed by atoms with Gasteiger partial charge >= 0.3 is 0 Å². The molecular formula is C15H17NOS. The van der Waals surface area contributed by atoms with Crippen LogP contribution in [-0.2, 0) is 11.3 Å². The first kappa shape index (κ1) is 11.9. The van der Waals surface area contributed by atoms with Crippen molar-refractivity contribution < 1.29 is 4.74 Å². The maximum atomic E-state index is 5.36. The van der Waals surface area contributed by atoms with Gasteiger partial charge in [-0.2, -0.15) is 11.3 Å². The van der Waals surface area contributed by atoms with Crippen molar-refractivity contribution in [2.45, 2.75) is 6.54 Å². The van der Waals surface area contributed by atoms with Crippen LogP contribution in [0.25, 0.3) is 11.1 Å². The van der Waals surface area contributed by atoms with E-state index in [1.165, 1.54) is 16.7 Å². The van der Waals surface area contributed by atoms with Crippen molar-refractivity contribution >= 4 is 11.3 Å². The highest BCUT2D eigenvalue weighted by atomic mass is 32.1. The molecule has 3 rings (SSSR count). The minimum Gasteiger partial charge on any atom is -0.379 e. The number of benzene rings is 1. The lowest BCUT2D eigenvalue weighted by atomic mass is 10.1. The lowest BCUT2D eigenvalue weighted by Gasteiger charge is -2.26. The second-order valence-electron chi connectivity index (χ2n) is 4.60. The van der Waals surface area contributed by atoms with Gasteiger partial charge in [-0.25, -0.2) is 0 Å². The molecule has 3 heteroatoms. The van der Waals surface area contributed by atoms with Crippen LogP contribution in [0.15, 0.2) is 41.1 Å². The zero-order chi connectivity index (χ0) is 12.2. The number of hydrogen-bond donors (Lipinski definition) is 0. The lowest BCUT2D eigenvalue weighted by Crippen LogP contribution is -2.35. The minimum absolute atomic E-state index is 0.868. The molecule has 0 spiro atoms. The first-order valence-corrected chi connectivity index (χ1v) is 7.28. The van der Waals surface area contributed by atoms with E-state index in [2.05, 4.69) is 46.0 Å². The molecule has 0 atom stereocenters. The summed E-state index contributed by atoms with van der Waals surface area (Å²) in [7, 11) is 0. The third-order valence-electron chi connectivity index (χ3n) is 3.32. The third-order valence-corrected chi connectivity index (χ3v) is 4.00. The van der Waals surface area contributed by atoms with E-state index in [1.807, 2.05) is 0 Å². The Morgan fingerprint density at radius 2 is 1.78 bits per heavy atom. The molecule has 1 aromatic heterocycles. The summed E-state index contributed by atoms with van der Waals surface area (Å²) in [4.78, 5) is 2.45.